The summed E-state index contributed by atoms with van der Waals surface area (Å²) in [5.41, 5.74) is 0.911. The Labute approximate surface area is 175 Å². The van der Waals surface area contributed by atoms with E-state index in [0.717, 1.165) is 5.56 Å². The molecule has 0 atom stereocenters. The van der Waals surface area contributed by atoms with Crippen LogP contribution in [0.3, 0.4) is 0 Å². The van der Waals surface area contributed by atoms with E-state index in [0.29, 0.717) is 17.3 Å². The standard InChI is InChI=1S/C20H16ClFN6O2/c21-16-6-1-2-7-18(16)30-13-27-9-8-17(25-27)19(29)24-20-23-12-28(26-20)11-14-4-3-5-15(22)10-14/h1-10,12H,11,13H2,(H,24,26,29). The number of aromatic nitrogens is 5. The highest BCUT2D eigenvalue weighted by molar-refractivity contribution is 6.32. The van der Waals surface area contributed by atoms with Crippen molar-refractivity contribution in [1.82, 2.24) is 24.5 Å². The van der Waals surface area contributed by atoms with Gasteiger partial charge in [-0.15, -0.1) is 5.10 Å². The van der Waals surface area contributed by atoms with Crippen molar-refractivity contribution < 1.29 is 13.9 Å². The van der Waals surface area contributed by atoms with E-state index in [9.17, 15) is 9.18 Å². The number of benzene rings is 2. The Bertz CT molecular complexity index is 1180. The molecule has 0 saturated carbocycles. The fourth-order valence-corrected chi connectivity index (χ4v) is 2.86. The topological polar surface area (TPSA) is 86.9 Å². The van der Waals surface area contributed by atoms with Gasteiger partial charge in [-0.1, -0.05) is 35.9 Å². The van der Waals surface area contributed by atoms with Gasteiger partial charge in [-0.3, -0.25) is 10.1 Å². The van der Waals surface area contributed by atoms with Crippen molar-refractivity contribution in [2.24, 2.45) is 0 Å². The van der Waals surface area contributed by atoms with Crippen LogP contribution < -0.4 is 10.1 Å². The molecule has 0 bridgehead atoms. The van der Waals surface area contributed by atoms with Gasteiger partial charge in [0, 0.05) is 6.20 Å². The average molecular weight is 427 g/mol. The molecule has 0 spiro atoms. The van der Waals surface area contributed by atoms with E-state index in [2.05, 4.69) is 20.5 Å². The van der Waals surface area contributed by atoms with Crippen LogP contribution in [0.25, 0.3) is 0 Å². The maximum absolute atomic E-state index is 13.3. The van der Waals surface area contributed by atoms with Crippen LogP contribution in [-0.4, -0.2) is 30.5 Å². The highest BCUT2D eigenvalue weighted by atomic mass is 35.5. The van der Waals surface area contributed by atoms with Crippen molar-refractivity contribution in [2.75, 3.05) is 5.32 Å². The molecule has 1 amide bonds. The third-order valence-electron chi connectivity index (χ3n) is 4.06. The summed E-state index contributed by atoms with van der Waals surface area (Å²) < 4.78 is 21.8. The van der Waals surface area contributed by atoms with Gasteiger partial charge in [0.05, 0.1) is 11.6 Å². The van der Waals surface area contributed by atoms with Crippen LogP contribution in [0, 0.1) is 5.82 Å². The molecule has 0 unspecified atom stereocenters. The molecule has 8 nitrogen and oxygen atoms in total. The fourth-order valence-electron chi connectivity index (χ4n) is 2.67. The largest absolute Gasteiger partial charge is 0.470 e. The number of rotatable bonds is 7. The van der Waals surface area contributed by atoms with Crippen molar-refractivity contribution in [3.8, 4) is 5.75 Å². The highest BCUT2D eigenvalue weighted by Gasteiger charge is 2.13. The molecule has 152 valence electrons. The molecule has 0 fully saturated rings. The normalized spacial score (nSPS) is 10.7. The Balaban J connectivity index is 1.34. The van der Waals surface area contributed by atoms with Gasteiger partial charge >= 0.3 is 0 Å². The van der Waals surface area contributed by atoms with E-state index in [4.69, 9.17) is 16.3 Å². The number of amides is 1. The number of hydrogen-bond donors (Lipinski definition) is 1. The molecule has 0 saturated heterocycles. The lowest BCUT2D eigenvalue weighted by Crippen LogP contribution is -2.15. The molecule has 0 radical (unpaired) electrons. The molecule has 30 heavy (non-hydrogen) atoms. The minimum atomic E-state index is -0.463. The highest BCUT2D eigenvalue weighted by Crippen LogP contribution is 2.23. The zero-order chi connectivity index (χ0) is 20.9. The average Bonchev–Trinajstić information content (AvgIpc) is 3.37. The van der Waals surface area contributed by atoms with Crippen LogP contribution >= 0.6 is 11.6 Å². The minimum Gasteiger partial charge on any atom is -0.470 e. The molecule has 2 aromatic heterocycles. The lowest BCUT2D eigenvalue weighted by atomic mass is 10.2. The summed E-state index contributed by atoms with van der Waals surface area (Å²) in [6.45, 7) is 0.423. The van der Waals surface area contributed by atoms with Crippen molar-refractivity contribution in [1.29, 1.82) is 0 Å². The van der Waals surface area contributed by atoms with E-state index in [1.165, 1.54) is 27.8 Å². The number of halogens is 2. The molecule has 0 aliphatic rings. The van der Waals surface area contributed by atoms with Crippen molar-refractivity contribution in [2.45, 2.75) is 13.3 Å². The summed E-state index contributed by atoms with van der Waals surface area (Å²) >= 11 is 6.04. The van der Waals surface area contributed by atoms with E-state index in [-0.39, 0.29) is 24.2 Å². The second kappa shape index (κ2) is 8.75. The number of ether oxygens (including phenoxy) is 1. The Morgan fingerprint density at radius 2 is 1.97 bits per heavy atom. The van der Waals surface area contributed by atoms with Crippen LogP contribution in [0.4, 0.5) is 10.3 Å². The van der Waals surface area contributed by atoms with Crippen molar-refractivity contribution in [3.05, 3.63) is 89.2 Å². The van der Waals surface area contributed by atoms with E-state index >= 15 is 0 Å². The second-order valence-electron chi connectivity index (χ2n) is 6.29. The van der Waals surface area contributed by atoms with Crippen molar-refractivity contribution >= 4 is 23.5 Å². The molecule has 0 aliphatic heterocycles. The van der Waals surface area contributed by atoms with Crippen LogP contribution in [0.1, 0.15) is 16.1 Å². The minimum absolute atomic E-state index is 0.0948. The summed E-state index contributed by atoms with van der Waals surface area (Å²) in [6, 6.07) is 14.8. The lowest BCUT2D eigenvalue weighted by molar-refractivity contribution is 0.101. The number of nitrogens with one attached hydrogen (secondary N) is 1. The predicted molar refractivity (Wildman–Crippen MR) is 108 cm³/mol. The second-order valence-corrected chi connectivity index (χ2v) is 6.70. The lowest BCUT2D eigenvalue weighted by Gasteiger charge is -2.07. The number of nitrogens with zero attached hydrogens (tertiary/aromatic N) is 5. The molecule has 2 aromatic carbocycles. The Morgan fingerprint density at radius 1 is 1.10 bits per heavy atom. The predicted octanol–water partition coefficient (Wildman–Crippen LogP) is 3.60. The van der Waals surface area contributed by atoms with Gasteiger partial charge in [0.2, 0.25) is 5.95 Å². The summed E-state index contributed by atoms with van der Waals surface area (Å²) in [5, 5.41) is 11.4. The quantitative estimate of drug-likeness (QED) is 0.488. The Hall–Kier alpha value is -3.72. The van der Waals surface area contributed by atoms with Crippen molar-refractivity contribution in [3.63, 3.8) is 0 Å². The van der Waals surface area contributed by atoms with Gasteiger partial charge < -0.3 is 4.74 Å². The van der Waals surface area contributed by atoms with Crippen LogP contribution in [0.15, 0.2) is 67.1 Å². The van der Waals surface area contributed by atoms with Gasteiger partial charge in [-0.05, 0) is 35.9 Å². The van der Waals surface area contributed by atoms with Crippen LogP contribution in [-0.2, 0) is 13.3 Å². The molecule has 4 aromatic rings. The van der Waals surface area contributed by atoms with E-state index in [1.807, 2.05) is 6.07 Å². The molecule has 0 aliphatic carbocycles. The van der Waals surface area contributed by atoms with Gasteiger partial charge in [0.1, 0.15) is 17.9 Å². The number of para-hydroxylation sites is 1. The van der Waals surface area contributed by atoms with Gasteiger partial charge in [-0.25, -0.2) is 18.7 Å². The monoisotopic (exact) mass is 426 g/mol. The smallest absolute Gasteiger partial charge is 0.278 e. The van der Waals surface area contributed by atoms with Gasteiger partial charge in [-0.2, -0.15) is 5.10 Å². The van der Waals surface area contributed by atoms with Crippen LogP contribution in [0.2, 0.25) is 5.02 Å². The SMILES string of the molecule is O=C(Nc1ncn(Cc2cccc(F)c2)n1)c1ccn(COc2ccccc2Cl)n1. The molecule has 10 heteroatoms. The third-order valence-corrected chi connectivity index (χ3v) is 4.37. The maximum atomic E-state index is 13.3. The molecule has 4 rings (SSSR count). The first-order valence-electron chi connectivity index (χ1n) is 8.93. The molecule has 2 heterocycles. The summed E-state index contributed by atoms with van der Waals surface area (Å²) in [6.07, 6.45) is 3.07. The summed E-state index contributed by atoms with van der Waals surface area (Å²) in [4.78, 5) is 16.4. The fraction of sp³-hybridized carbons (Fsp3) is 0.100. The maximum Gasteiger partial charge on any atom is 0.278 e. The summed E-state index contributed by atoms with van der Waals surface area (Å²) in [7, 11) is 0. The number of carbonyl (C=O) groups is 1. The Kier molecular flexibility index (Phi) is 5.71. The van der Waals surface area contributed by atoms with E-state index < -0.39 is 5.91 Å². The molecular weight excluding hydrogens is 411 g/mol. The van der Waals surface area contributed by atoms with Gasteiger partial charge in [0.15, 0.2) is 12.4 Å². The Morgan fingerprint density at radius 3 is 2.80 bits per heavy atom. The number of anilines is 1. The molecule has 1 N–H and O–H groups in total. The number of hydrogen-bond acceptors (Lipinski definition) is 5. The zero-order valence-corrected chi connectivity index (χ0v) is 16.3. The van der Waals surface area contributed by atoms with E-state index in [1.54, 1.807) is 42.6 Å². The van der Waals surface area contributed by atoms with Gasteiger partial charge in [0.25, 0.3) is 5.91 Å². The van der Waals surface area contributed by atoms with Crippen LogP contribution in [0.5, 0.6) is 5.75 Å². The third kappa shape index (κ3) is 4.81. The first kappa shape index (κ1) is 19.6. The summed E-state index contributed by atoms with van der Waals surface area (Å²) in [5.74, 6) is -0.141. The first-order chi connectivity index (χ1) is 14.6. The first-order valence-corrected chi connectivity index (χ1v) is 9.31. The molecular formula is C20H16ClFN6O2. The number of carbonyl (C=O) groups excluding carboxylic acids is 1. The zero-order valence-electron chi connectivity index (χ0n) is 15.6.